The second-order valence-electron chi connectivity index (χ2n) is 9.02. The van der Waals surface area contributed by atoms with Crippen molar-refractivity contribution in [3.05, 3.63) is 102 Å². The molecule has 37 heavy (non-hydrogen) atoms. The number of nitrogens with one attached hydrogen (secondary N) is 1. The molecule has 0 bridgehead atoms. The Morgan fingerprint density at radius 2 is 1.70 bits per heavy atom. The third kappa shape index (κ3) is 6.43. The van der Waals surface area contributed by atoms with E-state index in [4.69, 9.17) is 4.74 Å². The molecule has 1 aliphatic carbocycles. The normalized spacial score (nSPS) is 17.2. The van der Waals surface area contributed by atoms with E-state index in [0.29, 0.717) is 18.0 Å². The van der Waals surface area contributed by atoms with Crippen LogP contribution >= 0.6 is 11.9 Å². The zero-order valence-electron chi connectivity index (χ0n) is 21.7. The summed E-state index contributed by atoms with van der Waals surface area (Å²) in [6.45, 7) is 4.36. The summed E-state index contributed by atoms with van der Waals surface area (Å²) in [6, 6.07) is 22.3. The van der Waals surface area contributed by atoms with Crippen molar-refractivity contribution < 1.29 is 13.9 Å². The minimum absolute atomic E-state index is 0.150. The number of benzene rings is 3. The van der Waals surface area contributed by atoms with Gasteiger partial charge in [0.05, 0.1) is 11.6 Å². The Morgan fingerprint density at radius 3 is 2.43 bits per heavy atom. The maximum atomic E-state index is 13.1. The number of ether oxygens (including phenoxy) is 1. The molecule has 0 spiro atoms. The van der Waals surface area contributed by atoms with Gasteiger partial charge in [0.25, 0.3) is 5.91 Å². The van der Waals surface area contributed by atoms with Crippen molar-refractivity contribution in [3.63, 3.8) is 0 Å². The molecule has 1 N–H and O–H groups in total. The molecule has 3 aromatic carbocycles. The quantitative estimate of drug-likeness (QED) is 0.270. The summed E-state index contributed by atoms with van der Waals surface area (Å²) in [4.78, 5) is 13.6. The second kappa shape index (κ2) is 12.9. The molecule has 2 unspecified atom stereocenters. The summed E-state index contributed by atoms with van der Waals surface area (Å²) in [7, 11) is 1.83. The number of para-hydroxylation sites is 1. The van der Waals surface area contributed by atoms with E-state index in [1.165, 1.54) is 41.4 Å². The van der Waals surface area contributed by atoms with Gasteiger partial charge in [-0.25, -0.2) is 4.39 Å². The van der Waals surface area contributed by atoms with E-state index in [9.17, 15) is 9.18 Å². The van der Waals surface area contributed by atoms with Crippen LogP contribution in [-0.2, 0) is 11.3 Å². The molecule has 1 amide bonds. The molecule has 1 aliphatic rings. The van der Waals surface area contributed by atoms with Crippen LogP contribution in [0.2, 0.25) is 0 Å². The third-order valence-corrected chi connectivity index (χ3v) is 7.78. The minimum atomic E-state index is -0.284. The number of fused-ring (bicyclic) bond motifs is 1. The number of nitrogens with zero attached hydrogens (tertiary/aromatic N) is 1. The average molecular weight is 519 g/mol. The van der Waals surface area contributed by atoms with Crippen molar-refractivity contribution in [1.82, 2.24) is 9.29 Å². The van der Waals surface area contributed by atoms with Crippen LogP contribution in [0.15, 0.2) is 83.9 Å². The van der Waals surface area contributed by atoms with E-state index in [1.807, 2.05) is 45.2 Å². The molecular formula is C31H35FN2O2S. The number of carbonyl (C=O) groups excluding carboxylic acids is 1. The molecule has 1 fully saturated rings. The maximum absolute atomic E-state index is 13.1. The van der Waals surface area contributed by atoms with E-state index < -0.39 is 0 Å². The SMILES string of the molecule is CC.COC1CCCCC1c1cn(Sc2ccc(C(=O)NCc3ccc(F)cc3)cc2)c2ccccc12. The zero-order chi connectivity index (χ0) is 26.2. The van der Waals surface area contributed by atoms with Gasteiger partial charge in [0.2, 0.25) is 0 Å². The molecule has 5 rings (SSSR count). The Bertz CT molecular complexity index is 1300. The van der Waals surface area contributed by atoms with Crippen LogP contribution in [0.1, 0.15) is 66.9 Å². The number of hydrogen-bond acceptors (Lipinski definition) is 3. The Hall–Kier alpha value is -3.09. The van der Waals surface area contributed by atoms with Crippen molar-refractivity contribution in [2.24, 2.45) is 0 Å². The molecule has 194 valence electrons. The van der Waals surface area contributed by atoms with Crippen LogP contribution < -0.4 is 5.32 Å². The highest BCUT2D eigenvalue weighted by Gasteiger charge is 2.29. The predicted molar refractivity (Wildman–Crippen MR) is 151 cm³/mol. The van der Waals surface area contributed by atoms with E-state index in [2.05, 4.69) is 39.8 Å². The molecule has 0 aliphatic heterocycles. The minimum Gasteiger partial charge on any atom is -0.381 e. The monoisotopic (exact) mass is 518 g/mol. The van der Waals surface area contributed by atoms with Gasteiger partial charge in [-0.1, -0.05) is 57.0 Å². The standard InChI is InChI=1S/C29H29FN2O2S.C2H6/c1-34-28-9-5-3-7-25(28)26-19-32(27-8-4-2-6-24(26)27)35-23-16-12-21(13-17-23)29(33)31-18-20-10-14-22(30)15-11-20;1-2/h2,4,6,8,10-17,19,25,28H,3,5,7,9,18H2,1H3,(H,31,33);1-2H3. The van der Waals surface area contributed by atoms with Crippen molar-refractivity contribution in [1.29, 1.82) is 0 Å². The number of carbonyl (C=O) groups is 1. The largest absolute Gasteiger partial charge is 0.381 e. The molecule has 0 saturated heterocycles. The van der Waals surface area contributed by atoms with Crippen LogP contribution in [0.3, 0.4) is 0 Å². The van der Waals surface area contributed by atoms with Gasteiger partial charge in [0, 0.05) is 41.6 Å². The highest BCUT2D eigenvalue weighted by atomic mass is 32.2. The van der Waals surface area contributed by atoms with Crippen LogP contribution in [0.4, 0.5) is 4.39 Å². The van der Waals surface area contributed by atoms with Crippen molar-refractivity contribution in [3.8, 4) is 0 Å². The van der Waals surface area contributed by atoms with Gasteiger partial charge in [-0.3, -0.25) is 8.77 Å². The Labute approximate surface area is 223 Å². The van der Waals surface area contributed by atoms with E-state index in [-0.39, 0.29) is 17.8 Å². The number of methoxy groups -OCH3 is 1. The lowest BCUT2D eigenvalue weighted by Crippen LogP contribution is -2.24. The van der Waals surface area contributed by atoms with Gasteiger partial charge in [-0.15, -0.1) is 0 Å². The number of rotatable bonds is 7. The molecule has 6 heteroatoms. The topological polar surface area (TPSA) is 43.3 Å². The molecule has 4 nitrogen and oxygen atoms in total. The highest BCUT2D eigenvalue weighted by molar-refractivity contribution is 7.98. The summed E-state index contributed by atoms with van der Waals surface area (Å²) in [6.07, 6.45) is 7.26. The van der Waals surface area contributed by atoms with Crippen LogP contribution in [0.5, 0.6) is 0 Å². The molecule has 1 heterocycles. The van der Waals surface area contributed by atoms with Gasteiger partial charge in [0.15, 0.2) is 0 Å². The van der Waals surface area contributed by atoms with Crippen molar-refractivity contribution in [2.75, 3.05) is 7.11 Å². The molecule has 1 aromatic heterocycles. The van der Waals surface area contributed by atoms with Gasteiger partial charge in [0.1, 0.15) is 5.82 Å². The van der Waals surface area contributed by atoms with Crippen molar-refractivity contribution >= 4 is 28.8 Å². The molecular weight excluding hydrogens is 483 g/mol. The first-order valence-electron chi connectivity index (χ1n) is 13.1. The van der Waals surface area contributed by atoms with Crippen molar-refractivity contribution in [2.45, 2.75) is 63.0 Å². The van der Waals surface area contributed by atoms with Gasteiger partial charge < -0.3 is 10.1 Å². The fraction of sp³-hybridized carbons (Fsp3) is 0.323. The summed E-state index contributed by atoms with van der Waals surface area (Å²) in [5, 5.41) is 4.18. The van der Waals surface area contributed by atoms with Crippen LogP contribution in [0.25, 0.3) is 10.9 Å². The Kier molecular flexibility index (Phi) is 9.42. The van der Waals surface area contributed by atoms with E-state index >= 15 is 0 Å². The lowest BCUT2D eigenvalue weighted by Gasteiger charge is -2.30. The first kappa shape index (κ1) is 27.0. The fourth-order valence-electron chi connectivity index (χ4n) is 4.95. The number of hydrogen-bond donors (Lipinski definition) is 1. The summed E-state index contributed by atoms with van der Waals surface area (Å²) in [5.41, 5.74) is 4.00. The first-order valence-corrected chi connectivity index (χ1v) is 13.8. The summed E-state index contributed by atoms with van der Waals surface area (Å²) >= 11 is 1.65. The van der Waals surface area contributed by atoms with Gasteiger partial charge >= 0.3 is 0 Å². The molecule has 4 aromatic rings. The number of halogens is 1. The summed E-state index contributed by atoms with van der Waals surface area (Å²) < 4.78 is 21.1. The number of amides is 1. The molecule has 2 atom stereocenters. The Balaban J connectivity index is 0.00000156. The third-order valence-electron chi connectivity index (χ3n) is 6.80. The zero-order valence-corrected chi connectivity index (χ0v) is 22.6. The van der Waals surface area contributed by atoms with E-state index in [0.717, 1.165) is 23.3 Å². The lowest BCUT2D eigenvalue weighted by molar-refractivity contribution is 0.0527. The van der Waals surface area contributed by atoms with Crippen LogP contribution in [0, 0.1) is 5.82 Å². The molecule has 1 saturated carbocycles. The van der Waals surface area contributed by atoms with Crippen LogP contribution in [-0.4, -0.2) is 23.1 Å². The van der Waals surface area contributed by atoms with Gasteiger partial charge in [-0.2, -0.15) is 0 Å². The predicted octanol–water partition coefficient (Wildman–Crippen LogP) is 7.96. The molecule has 0 radical (unpaired) electrons. The second-order valence-corrected chi connectivity index (χ2v) is 10.1. The maximum Gasteiger partial charge on any atom is 0.251 e. The average Bonchev–Trinajstić information content (AvgIpc) is 3.32. The highest BCUT2D eigenvalue weighted by Crippen LogP contribution is 2.40. The first-order chi connectivity index (χ1) is 18.1. The van der Waals surface area contributed by atoms with Gasteiger partial charge in [-0.05, 0) is 78.4 Å². The lowest BCUT2D eigenvalue weighted by atomic mass is 9.81. The smallest absolute Gasteiger partial charge is 0.251 e. The Morgan fingerprint density at radius 1 is 1.00 bits per heavy atom. The fourth-order valence-corrected chi connectivity index (χ4v) is 5.86. The summed E-state index contributed by atoms with van der Waals surface area (Å²) in [5.74, 6) is -0.0248. The van der Waals surface area contributed by atoms with E-state index in [1.54, 1.807) is 24.1 Å². The number of aromatic nitrogens is 1.